The van der Waals surface area contributed by atoms with Gasteiger partial charge in [-0.2, -0.15) is 0 Å². The van der Waals surface area contributed by atoms with Crippen molar-refractivity contribution < 1.29 is 9.53 Å². The predicted octanol–water partition coefficient (Wildman–Crippen LogP) is 1.78. The lowest BCUT2D eigenvalue weighted by atomic mass is 10.2. The van der Waals surface area contributed by atoms with Crippen LogP contribution in [-0.4, -0.2) is 18.0 Å². The Bertz CT molecular complexity index is 111. The number of rotatable bonds is 3. The van der Waals surface area contributed by atoms with Gasteiger partial charge in [-0.05, 0) is 20.8 Å². The standard InChI is InChI=1S/C8H16O2/c1-5-7(9)6-10-8(2,3)4/h5-6H2,1-4H3. The van der Waals surface area contributed by atoms with Crippen molar-refractivity contribution in [3.63, 3.8) is 0 Å². The molecule has 0 N–H and O–H groups in total. The summed E-state index contributed by atoms with van der Waals surface area (Å²) >= 11 is 0. The summed E-state index contributed by atoms with van der Waals surface area (Å²) in [4.78, 5) is 10.7. The number of hydrogen-bond donors (Lipinski definition) is 0. The second kappa shape index (κ2) is 3.71. The molecule has 0 bridgehead atoms. The van der Waals surface area contributed by atoms with Crippen molar-refractivity contribution in [3.05, 3.63) is 0 Å². The first-order valence-electron chi connectivity index (χ1n) is 3.61. The third-order valence-corrected chi connectivity index (χ3v) is 1.06. The molecule has 0 aliphatic rings. The normalized spacial score (nSPS) is 11.6. The summed E-state index contributed by atoms with van der Waals surface area (Å²) in [7, 11) is 0. The van der Waals surface area contributed by atoms with Gasteiger partial charge in [0.15, 0.2) is 5.78 Å². The van der Waals surface area contributed by atoms with E-state index in [-0.39, 0.29) is 18.0 Å². The van der Waals surface area contributed by atoms with Crippen molar-refractivity contribution in [2.24, 2.45) is 0 Å². The maximum absolute atomic E-state index is 10.7. The molecule has 2 nitrogen and oxygen atoms in total. The third-order valence-electron chi connectivity index (χ3n) is 1.06. The van der Waals surface area contributed by atoms with Gasteiger partial charge in [0.1, 0.15) is 6.61 Å². The molecule has 0 aliphatic carbocycles. The number of hydrogen-bond acceptors (Lipinski definition) is 2. The third kappa shape index (κ3) is 5.76. The quantitative estimate of drug-likeness (QED) is 0.603. The number of Topliss-reactive ketones (excluding diaryl/α,β-unsaturated/α-hetero) is 1. The lowest BCUT2D eigenvalue weighted by Crippen LogP contribution is -2.23. The van der Waals surface area contributed by atoms with Gasteiger partial charge < -0.3 is 4.74 Å². The van der Waals surface area contributed by atoms with Crippen LogP contribution >= 0.6 is 0 Å². The summed E-state index contributed by atoms with van der Waals surface area (Å²) in [5.74, 6) is 0.162. The van der Waals surface area contributed by atoms with Crippen LogP contribution in [0.4, 0.5) is 0 Å². The van der Waals surface area contributed by atoms with Crippen LogP contribution in [0.2, 0.25) is 0 Å². The molecule has 0 aromatic rings. The van der Waals surface area contributed by atoms with Crippen LogP contribution in [0.5, 0.6) is 0 Å². The second-order valence-electron chi connectivity index (χ2n) is 3.29. The zero-order valence-electron chi connectivity index (χ0n) is 7.23. The maximum atomic E-state index is 10.7. The SMILES string of the molecule is CCC(=O)COC(C)(C)C. The minimum absolute atomic E-state index is 0.162. The number of carbonyl (C=O) groups excluding carboxylic acids is 1. The largest absolute Gasteiger partial charge is 0.368 e. The van der Waals surface area contributed by atoms with Gasteiger partial charge in [0, 0.05) is 6.42 Å². The highest BCUT2D eigenvalue weighted by Crippen LogP contribution is 2.06. The number of carbonyl (C=O) groups is 1. The molecule has 0 radical (unpaired) electrons. The molecule has 0 amide bonds. The topological polar surface area (TPSA) is 26.3 Å². The van der Waals surface area contributed by atoms with E-state index in [4.69, 9.17) is 4.74 Å². The number of ether oxygens (including phenoxy) is 1. The molecule has 0 aliphatic heterocycles. The molecule has 0 fully saturated rings. The van der Waals surface area contributed by atoms with Crippen LogP contribution in [0.3, 0.4) is 0 Å². The van der Waals surface area contributed by atoms with Crippen LogP contribution in [0.15, 0.2) is 0 Å². The second-order valence-corrected chi connectivity index (χ2v) is 3.29. The molecule has 0 saturated carbocycles. The van der Waals surface area contributed by atoms with Gasteiger partial charge in [0.25, 0.3) is 0 Å². The van der Waals surface area contributed by atoms with E-state index in [2.05, 4.69) is 0 Å². The zero-order chi connectivity index (χ0) is 8.20. The summed E-state index contributed by atoms with van der Waals surface area (Å²) < 4.78 is 5.23. The molecule has 0 aromatic heterocycles. The zero-order valence-corrected chi connectivity index (χ0v) is 7.23. The Morgan fingerprint density at radius 1 is 1.40 bits per heavy atom. The van der Waals surface area contributed by atoms with E-state index in [0.29, 0.717) is 6.42 Å². The van der Waals surface area contributed by atoms with Gasteiger partial charge in [-0.25, -0.2) is 0 Å². The Hall–Kier alpha value is -0.370. The Morgan fingerprint density at radius 3 is 2.20 bits per heavy atom. The predicted molar refractivity (Wildman–Crippen MR) is 41.0 cm³/mol. The minimum atomic E-state index is -0.190. The van der Waals surface area contributed by atoms with Crippen molar-refractivity contribution in [3.8, 4) is 0 Å². The van der Waals surface area contributed by atoms with Crippen LogP contribution in [0.1, 0.15) is 34.1 Å². The molecule has 0 rings (SSSR count). The Kier molecular flexibility index (Phi) is 3.58. The monoisotopic (exact) mass is 144 g/mol. The summed E-state index contributed by atoms with van der Waals surface area (Å²) in [5, 5.41) is 0. The highest BCUT2D eigenvalue weighted by atomic mass is 16.5. The van der Waals surface area contributed by atoms with E-state index < -0.39 is 0 Å². The first-order valence-corrected chi connectivity index (χ1v) is 3.61. The molecule has 60 valence electrons. The molecular formula is C8H16O2. The summed E-state index contributed by atoms with van der Waals surface area (Å²) in [5.41, 5.74) is -0.190. The van der Waals surface area contributed by atoms with Crippen molar-refractivity contribution in [1.82, 2.24) is 0 Å². The molecule has 0 saturated heterocycles. The highest BCUT2D eigenvalue weighted by molar-refractivity contribution is 5.79. The van der Waals surface area contributed by atoms with Gasteiger partial charge in [-0.15, -0.1) is 0 Å². The molecular weight excluding hydrogens is 128 g/mol. The van der Waals surface area contributed by atoms with Gasteiger partial charge in [-0.3, -0.25) is 4.79 Å². The fraction of sp³-hybridized carbons (Fsp3) is 0.875. The molecule has 2 heteroatoms. The van der Waals surface area contributed by atoms with Gasteiger partial charge in [0.2, 0.25) is 0 Å². The molecule has 0 heterocycles. The summed E-state index contributed by atoms with van der Waals surface area (Å²) in [6, 6.07) is 0. The fourth-order valence-electron chi connectivity index (χ4n) is 0.399. The molecule has 10 heavy (non-hydrogen) atoms. The van der Waals surface area contributed by atoms with Crippen molar-refractivity contribution >= 4 is 5.78 Å². The van der Waals surface area contributed by atoms with Crippen molar-refractivity contribution in [2.45, 2.75) is 39.7 Å². The van der Waals surface area contributed by atoms with E-state index in [0.717, 1.165) is 0 Å². The van der Waals surface area contributed by atoms with Crippen LogP contribution in [0, 0.1) is 0 Å². The number of ketones is 1. The van der Waals surface area contributed by atoms with Crippen molar-refractivity contribution in [1.29, 1.82) is 0 Å². The lowest BCUT2D eigenvalue weighted by Gasteiger charge is -2.18. The average molecular weight is 144 g/mol. The van der Waals surface area contributed by atoms with Crippen molar-refractivity contribution in [2.75, 3.05) is 6.61 Å². The van der Waals surface area contributed by atoms with Crippen LogP contribution < -0.4 is 0 Å². The van der Waals surface area contributed by atoms with Gasteiger partial charge in [-0.1, -0.05) is 6.92 Å². The summed E-state index contributed by atoms with van der Waals surface area (Å²) in [6.45, 7) is 7.91. The first kappa shape index (κ1) is 9.63. The van der Waals surface area contributed by atoms with E-state index in [9.17, 15) is 4.79 Å². The van der Waals surface area contributed by atoms with E-state index in [1.807, 2.05) is 27.7 Å². The van der Waals surface area contributed by atoms with Crippen LogP contribution in [0.25, 0.3) is 0 Å². The first-order chi connectivity index (χ1) is 4.45. The Labute approximate surface area is 62.6 Å². The molecule has 0 aromatic carbocycles. The minimum Gasteiger partial charge on any atom is -0.368 e. The van der Waals surface area contributed by atoms with Gasteiger partial charge >= 0.3 is 0 Å². The highest BCUT2D eigenvalue weighted by Gasteiger charge is 2.11. The lowest BCUT2D eigenvalue weighted by molar-refractivity contribution is -0.128. The molecule has 0 spiro atoms. The Balaban J connectivity index is 3.46. The fourth-order valence-corrected chi connectivity index (χ4v) is 0.399. The maximum Gasteiger partial charge on any atom is 0.158 e. The summed E-state index contributed by atoms with van der Waals surface area (Å²) in [6.07, 6.45) is 0.566. The van der Waals surface area contributed by atoms with E-state index >= 15 is 0 Å². The van der Waals surface area contributed by atoms with E-state index in [1.54, 1.807) is 0 Å². The smallest absolute Gasteiger partial charge is 0.158 e. The van der Waals surface area contributed by atoms with Gasteiger partial charge in [0.05, 0.1) is 5.60 Å². The van der Waals surface area contributed by atoms with Crippen LogP contribution in [-0.2, 0) is 9.53 Å². The molecule has 0 unspecified atom stereocenters. The average Bonchev–Trinajstić information content (AvgIpc) is 1.81. The van der Waals surface area contributed by atoms with E-state index in [1.165, 1.54) is 0 Å². The Morgan fingerprint density at radius 2 is 1.90 bits per heavy atom. The molecule has 0 atom stereocenters.